The lowest BCUT2D eigenvalue weighted by atomic mass is 9.76. The van der Waals surface area contributed by atoms with Crippen LogP contribution in [0.2, 0.25) is 0 Å². The van der Waals surface area contributed by atoms with Crippen LogP contribution < -0.4 is 5.46 Å². The molecule has 0 spiro atoms. The van der Waals surface area contributed by atoms with E-state index in [2.05, 4.69) is 4.74 Å². The van der Waals surface area contributed by atoms with Gasteiger partial charge in [0.2, 0.25) is 0 Å². The van der Waals surface area contributed by atoms with Gasteiger partial charge in [0.25, 0.3) is 0 Å². The number of fused-ring (bicyclic) bond motifs is 1. The van der Waals surface area contributed by atoms with Crippen LogP contribution in [0, 0.1) is 0 Å². The van der Waals surface area contributed by atoms with Crippen LogP contribution in [0.15, 0.2) is 36.4 Å². The second-order valence-electron chi connectivity index (χ2n) is 3.62. The third kappa shape index (κ3) is 2.02. The summed E-state index contributed by atoms with van der Waals surface area (Å²) in [5.41, 5.74) is 0.622. The van der Waals surface area contributed by atoms with Crippen molar-refractivity contribution >= 4 is 29.3 Å². The predicted molar refractivity (Wildman–Crippen MR) is 65.1 cm³/mol. The Balaban J connectivity index is 2.80. The smallest absolute Gasteiger partial charge is 0.465 e. The molecule has 2 aromatic rings. The summed E-state index contributed by atoms with van der Waals surface area (Å²) in [6.07, 6.45) is 0. The van der Waals surface area contributed by atoms with Crippen LogP contribution in [0.25, 0.3) is 10.8 Å². The number of carbonyl (C=O) groups excluding carboxylic acids is 1. The van der Waals surface area contributed by atoms with Crippen LogP contribution in [0.1, 0.15) is 10.4 Å². The van der Waals surface area contributed by atoms with Crippen molar-refractivity contribution in [1.82, 2.24) is 0 Å². The lowest BCUT2D eigenvalue weighted by Crippen LogP contribution is -2.31. The summed E-state index contributed by atoms with van der Waals surface area (Å²) < 4.78 is 4.68. The number of rotatable bonds is 2. The van der Waals surface area contributed by atoms with Gasteiger partial charge in [-0.1, -0.05) is 30.3 Å². The minimum atomic E-state index is -1.62. The van der Waals surface area contributed by atoms with Gasteiger partial charge in [0.15, 0.2) is 0 Å². The fourth-order valence-corrected chi connectivity index (χ4v) is 1.87. The molecule has 17 heavy (non-hydrogen) atoms. The van der Waals surface area contributed by atoms with E-state index in [9.17, 15) is 14.8 Å². The van der Waals surface area contributed by atoms with Gasteiger partial charge in [-0.15, -0.1) is 0 Å². The number of benzene rings is 2. The van der Waals surface area contributed by atoms with Crippen LogP contribution in [0.4, 0.5) is 0 Å². The first-order valence-electron chi connectivity index (χ1n) is 5.11. The summed E-state index contributed by atoms with van der Waals surface area (Å²) in [6.45, 7) is 0. The molecule has 0 aliphatic carbocycles. The molecule has 0 fully saturated rings. The number of hydrogen-bond donors (Lipinski definition) is 2. The van der Waals surface area contributed by atoms with Gasteiger partial charge < -0.3 is 14.8 Å². The molecule has 0 heterocycles. The highest BCUT2D eigenvalue weighted by Gasteiger charge is 2.19. The van der Waals surface area contributed by atoms with Crippen LogP contribution in [-0.2, 0) is 4.74 Å². The summed E-state index contributed by atoms with van der Waals surface area (Å²) in [5, 5.41) is 19.9. The molecule has 0 bridgehead atoms. The van der Waals surface area contributed by atoms with E-state index < -0.39 is 13.1 Å². The Labute approximate surface area is 98.6 Å². The van der Waals surface area contributed by atoms with Crippen molar-refractivity contribution in [3.05, 3.63) is 42.0 Å². The van der Waals surface area contributed by atoms with E-state index in [1.165, 1.54) is 7.11 Å². The lowest BCUT2D eigenvalue weighted by molar-refractivity contribution is 0.0603. The second-order valence-corrected chi connectivity index (χ2v) is 3.62. The molecule has 0 aliphatic heterocycles. The van der Waals surface area contributed by atoms with Crippen LogP contribution in [0.5, 0.6) is 0 Å². The van der Waals surface area contributed by atoms with E-state index in [1.807, 2.05) is 0 Å². The first-order valence-corrected chi connectivity index (χ1v) is 5.11. The molecule has 0 atom stereocenters. The topological polar surface area (TPSA) is 66.8 Å². The van der Waals surface area contributed by atoms with Crippen molar-refractivity contribution in [2.75, 3.05) is 7.11 Å². The normalized spacial score (nSPS) is 10.3. The third-order valence-electron chi connectivity index (χ3n) is 2.62. The molecule has 0 saturated carbocycles. The van der Waals surface area contributed by atoms with Crippen molar-refractivity contribution in [3.63, 3.8) is 0 Å². The molecule has 0 aliphatic rings. The van der Waals surface area contributed by atoms with Gasteiger partial charge in [-0.05, 0) is 22.3 Å². The van der Waals surface area contributed by atoms with E-state index in [0.717, 1.165) is 5.39 Å². The number of hydrogen-bond acceptors (Lipinski definition) is 4. The molecular weight excluding hydrogens is 219 g/mol. The Morgan fingerprint density at radius 3 is 2.41 bits per heavy atom. The van der Waals surface area contributed by atoms with Crippen molar-refractivity contribution in [1.29, 1.82) is 0 Å². The van der Waals surface area contributed by atoms with Gasteiger partial charge in [-0.2, -0.15) is 0 Å². The largest absolute Gasteiger partial charge is 0.489 e. The fourth-order valence-electron chi connectivity index (χ4n) is 1.87. The zero-order chi connectivity index (χ0) is 12.4. The van der Waals surface area contributed by atoms with Gasteiger partial charge in [0, 0.05) is 0 Å². The standard InChI is InChI=1S/C12H11BO4/c1-17-12(14)9-6-2-4-8-5-3-7-10(11(8)9)13(15)16/h2-7,15-16H,1H3. The Morgan fingerprint density at radius 1 is 1.18 bits per heavy atom. The Kier molecular flexibility index (Phi) is 3.13. The molecule has 0 amide bonds. The molecule has 5 heteroatoms. The van der Waals surface area contributed by atoms with Crippen molar-refractivity contribution in [2.45, 2.75) is 0 Å². The van der Waals surface area contributed by atoms with Crippen molar-refractivity contribution < 1.29 is 19.6 Å². The average Bonchev–Trinajstić information content (AvgIpc) is 2.36. The molecule has 2 rings (SSSR count). The lowest BCUT2D eigenvalue weighted by Gasteiger charge is -2.09. The maximum absolute atomic E-state index is 11.6. The van der Waals surface area contributed by atoms with E-state index in [-0.39, 0.29) is 0 Å². The molecule has 0 radical (unpaired) electrons. The van der Waals surface area contributed by atoms with Crippen molar-refractivity contribution in [2.24, 2.45) is 0 Å². The van der Waals surface area contributed by atoms with Gasteiger partial charge >= 0.3 is 13.1 Å². The molecule has 0 saturated heterocycles. The molecule has 86 valence electrons. The number of carbonyl (C=O) groups is 1. The highest BCUT2D eigenvalue weighted by atomic mass is 16.5. The zero-order valence-corrected chi connectivity index (χ0v) is 9.25. The van der Waals surface area contributed by atoms with Gasteiger partial charge in [-0.25, -0.2) is 4.79 Å². The minimum Gasteiger partial charge on any atom is -0.465 e. The van der Waals surface area contributed by atoms with E-state index >= 15 is 0 Å². The SMILES string of the molecule is COC(=O)c1cccc2cccc(B(O)O)c12. The van der Waals surface area contributed by atoms with E-state index in [4.69, 9.17) is 0 Å². The van der Waals surface area contributed by atoms with E-state index in [0.29, 0.717) is 16.4 Å². The number of ether oxygens (including phenoxy) is 1. The Hall–Kier alpha value is -1.85. The summed E-state index contributed by atoms with van der Waals surface area (Å²) in [4.78, 5) is 11.6. The summed E-state index contributed by atoms with van der Waals surface area (Å²) in [7, 11) is -0.330. The third-order valence-corrected chi connectivity index (χ3v) is 2.62. The monoisotopic (exact) mass is 230 g/mol. The Morgan fingerprint density at radius 2 is 1.82 bits per heavy atom. The van der Waals surface area contributed by atoms with Gasteiger partial charge in [0.05, 0.1) is 12.7 Å². The molecule has 0 unspecified atom stereocenters. The summed E-state index contributed by atoms with van der Waals surface area (Å²) in [5.74, 6) is -0.497. The first-order chi connectivity index (χ1) is 8.15. The highest BCUT2D eigenvalue weighted by molar-refractivity contribution is 6.62. The molecular formula is C12H11BO4. The van der Waals surface area contributed by atoms with Gasteiger partial charge in [0.1, 0.15) is 0 Å². The number of methoxy groups -OCH3 is 1. The van der Waals surface area contributed by atoms with Crippen molar-refractivity contribution in [3.8, 4) is 0 Å². The summed E-state index contributed by atoms with van der Waals surface area (Å²) >= 11 is 0. The molecule has 2 aromatic carbocycles. The molecule has 4 nitrogen and oxygen atoms in total. The maximum atomic E-state index is 11.6. The van der Waals surface area contributed by atoms with Crippen LogP contribution >= 0.6 is 0 Å². The minimum absolute atomic E-state index is 0.295. The second kappa shape index (κ2) is 4.57. The highest BCUT2D eigenvalue weighted by Crippen LogP contribution is 2.18. The molecule has 0 aromatic heterocycles. The van der Waals surface area contributed by atoms with Crippen LogP contribution in [-0.4, -0.2) is 30.2 Å². The zero-order valence-electron chi connectivity index (χ0n) is 9.25. The fraction of sp³-hybridized carbons (Fsp3) is 0.0833. The average molecular weight is 230 g/mol. The number of esters is 1. The quantitative estimate of drug-likeness (QED) is 0.575. The summed E-state index contributed by atoms with van der Waals surface area (Å²) in [6, 6.07) is 10.2. The Bertz CT molecular complexity index is 560. The van der Waals surface area contributed by atoms with Gasteiger partial charge in [-0.3, -0.25) is 0 Å². The first kappa shape index (κ1) is 11.6. The molecule has 2 N–H and O–H groups in total. The maximum Gasteiger partial charge on any atom is 0.489 e. The van der Waals surface area contributed by atoms with E-state index in [1.54, 1.807) is 36.4 Å². The van der Waals surface area contributed by atoms with Crippen LogP contribution in [0.3, 0.4) is 0 Å². The predicted octanol–water partition coefficient (Wildman–Crippen LogP) is 0.306.